The molecule has 0 unspecified atom stereocenters. The second-order valence-electron chi connectivity index (χ2n) is 9.85. The highest BCUT2D eigenvalue weighted by molar-refractivity contribution is 7.85. The van der Waals surface area contributed by atoms with Gasteiger partial charge in [-0.2, -0.15) is 26.9 Å². The van der Waals surface area contributed by atoms with Crippen LogP contribution in [0, 0.1) is 11.3 Å². The summed E-state index contributed by atoms with van der Waals surface area (Å²) in [5.41, 5.74) is 2.37. The summed E-state index contributed by atoms with van der Waals surface area (Å²) in [6, 6.07) is 11.6. The molecule has 0 saturated carbocycles. The van der Waals surface area contributed by atoms with Gasteiger partial charge in [-0.3, -0.25) is 9.08 Å². The molecule has 0 bridgehead atoms. The van der Waals surface area contributed by atoms with Gasteiger partial charge in [0.05, 0.1) is 24.7 Å². The quantitative estimate of drug-likeness (QED) is 0.279. The van der Waals surface area contributed by atoms with Gasteiger partial charge in [-0.15, -0.1) is 11.3 Å². The third-order valence-corrected chi connectivity index (χ3v) is 8.42. The van der Waals surface area contributed by atoms with Crippen LogP contribution in [0.25, 0.3) is 21.1 Å². The predicted octanol–water partition coefficient (Wildman–Crippen LogP) is 4.68. The molecule has 5 rings (SSSR count). The molecule has 1 aromatic carbocycles. The van der Waals surface area contributed by atoms with E-state index in [1.54, 1.807) is 10.6 Å². The number of likely N-dealkylation sites (tertiary alicyclic amines) is 1. The summed E-state index contributed by atoms with van der Waals surface area (Å²) in [4.78, 5) is 11.5. The molecule has 0 radical (unpaired) electrons. The van der Waals surface area contributed by atoms with E-state index in [4.69, 9.17) is 4.18 Å². The molecule has 1 N–H and O–H groups in total. The molecule has 0 aliphatic carbocycles. The van der Waals surface area contributed by atoms with E-state index in [2.05, 4.69) is 26.3 Å². The van der Waals surface area contributed by atoms with E-state index in [-0.39, 0.29) is 24.1 Å². The lowest BCUT2D eigenvalue weighted by atomic mass is 10.0. The summed E-state index contributed by atoms with van der Waals surface area (Å²) in [7, 11) is -3.56. The summed E-state index contributed by atoms with van der Waals surface area (Å²) in [5, 5.41) is 14.5. The van der Waals surface area contributed by atoms with E-state index < -0.39 is 22.7 Å². The number of rotatable bonds is 9. The maximum atomic E-state index is 12.8. The fourth-order valence-corrected chi connectivity index (χ4v) is 6.43. The van der Waals surface area contributed by atoms with Gasteiger partial charge < -0.3 is 9.88 Å². The molecular weight excluding hydrogens is 565 g/mol. The zero-order chi connectivity index (χ0) is 28.5. The van der Waals surface area contributed by atoms with E-state index in [1.165, 1.54) is 12.4 Å². The standard InChI is InChI=1S/C26H27F3N6O3S2/c1-40(36,37)38-9-8-35-20(14-30)11-18-10-17(2-3-23(18)35)15-34-6-4-19(5-7-34)33-24-22-12-21(13-26(27,28)29)39-25(22)32-16-31-24/h2-3,10-12,16,19H,4-9,13,15H2,1H3,(H,31,32,33). The Hall–Kier alpha value is -3.25. The van der Waals surface area contributed by atoms with Crippen molar-refractivity contribution in [2.45, 2.75) is 44.6 Å². The molecule has 1 saturated heterocycles. The van der Waals surface area contributed by atoms with E-state index in [9.17, 15) is 26.9 Å². The number of aromatic nitrogens is 3. The van der Waals surface area contributed by atoms with E-state index >= 15 is 0 Å². The highest BCUT2D eigenvalue weighted by Crippen LogP contribution is 2.33. The van der Waals surface area contributed by atoms with Crippen LogP contribution >= 0.6 is 11.3 Å². The van der Waals surface area contributed by atoms with Crippen LogP contribution in [0.4, 0.5) is 19.0 Å². The molecule has 14 heteroatoms. The van der Waals surface area contributed by atoms with E-state index in [1.807, 2.05) is 18.2 Å². The highest BCUT2D eigenvalue weighted by atomic mass is 32.2. The molecule has 0 spiro atoms. The molecular formula is C26H27F3N6O3S2. The molecule has 4 heterocycles. The fraction of sp³-hybridized carbons (Fsp3) is 0.423. The molecule has 0 atom stereocenters. The first-order chi connectivity index (χ1) is 19.0. The zero-order valence-corrected chi connectivity index (χ0v) is 23.2. The van der Waals surface area contributed by atoms with Crippen LogP contribution in [0.5, 0.6) is 0 Å². The number of anilines is 1. The molecule has 40 heavy (non-hydrogen) atoms. The van der Waals surface area contributed by atoms with Crippen molar-refractivity contribution < 1.29 is 25.8 Å². The lowest BCUT2D eigenvalue weighted by molar-refractivity contribution is -0.126. The maximum absolute atomic E-state index is 12.8. The molecule has 9 nitrogen and oxygen atoms in total. The molecule has 1 aliphatic heterocycles. The van der Waals surface area contributed by atoms with Gasteiger partial charge >= 0.3 is 6.18 Å². The van der Waals surface area contributed by atoms with Gasteiger partial charge in [-0.25, -0.2) is 9.97 Å². The van der Waals surface area contributed by atoms with Crippen molar-refractivity contribution in [2.24, 2.45) is 0 Å². The summed E-state index contributed by atoms with van der Waals surface area (Å²) in [6.07, 6.45) is -1.17. The van der Waals surface area contributed by atoms with Crippen molar-refractivity contribution in [1.29, 1.82) is 5.26 Å². The number of hydrogen-bond donors (Lipinski definition) is 1. The Morgan fingerprint density at radius 2 is 1.98 bits per heavy atom. The number of piperidine rings is 1. The maximum Gasteiger partial charge on any atom is 0.393 e. The monoisotopic (exact) mass is 592 g/mol. The Balaban J connectivity index is 1.20. The van der Waals surface area contributed by atoms with Crippen molar-refractivity contribution in [2.75, 3.05) is 31.3 Å². The number of thiophene rings is 1. The lowest BCUT2D eigenvalue weighted by Gasteiger charge is -2.32. The summed E-state index contributed by atoms with van der Waals surface area (Å²) < 4.78 is 67.7. The summed E-state index contributed by atoms with van der Waals surface area (Å²) >= 11 is 1.04. The molecule has 4 aromatic rings. The SMILES string of the molecule is CS(=O)(=O)OCCn1c(C#N)cc2cc(CN3CCC(Nc4ncnc5sc(CC(F)(F)F)cc45)CC3)ccc21. The van der Waals surface area contributed by atoms with E-state index in [0.29, 0.717) is 21.7 Å². The molecule has 1 aliphatic rings. The van der Waals surface area contributed by atoms with Crippen molar-refractivity contribution in [3.05, 3.63) is 52.8 Å². The van der Waals surface area contributed by atoms with Crippen LogP contribution < -0.4 is 5.32 Å². The number of benzene rings is 1. The van der Waals surface area contributed by atoms with Gasteiger partial charge in [0.1, 0.15) is 28.7 Å². The minimum Gasteiger partial charge on any atom is -0.367 e. The van der Waals surface area contributed by atoms with Crippen LogP contribution in [0.1, 0.15) is 29.0 Å². The second kappa shape index (κ2) is 11.3. The smallest absolute Gasteiger partial charge is 0.367 e. The number of fused-ring (bicyclic) bond motifs is 2. The number of nitriles is 1. The number of nitrogens with one attached hydrogen (secondary N) is 1. The van der Waals surface area contributed by atoms with Crippen molar-refractivity contribution in [3.8, 4) is 6.07 Å². The molecule has 1 fully saturated rings. The Morgan fingerprint density at radius 3 is 2.67 bits per heavy atom. The van der Waals surface area contributed by atoms with Gasteiger partial charge in [-0.05, 0) is 42.7 Å². The first-order valence-corrected chi connectivity index (χ1v) is 15.3. The van der Waals surface area contributed by atoms with Crippen molar-refractivity contribution in [1.82, 2.24) is 19.4 Å². The third kappa shape index (κ3) is 6.90. The van der Waals surface area contributed by atoms with Crippen LogP contribution in [0.15, 0.2) is 36.7 Å². The first kappa shape index (κ1) is 28.3. The van der Waals surface area contributed by atoms with Gasteiger partial charge in [-0.1, -0.05) is 6.07 Å². The van der Waals surface area contributed by atoms with Crippen LogP contribution in [-0.4, -0.2) is 66.0 Å². The van der Waals surface area contributed by atoms with Crippen molar-refractivity contribution >= 4 is 48.4 Å². The first-order valence-electron chi connectivity index (χ1n) is 12.6. The van der Waals surface area contributed by atoms with Gasteiger partial charge in [0.15, 0.2) is 0 Å². The largest absolute Gasteiger partial charge is 0.393 e. The summed E-state index contributed by atoms with van der Waals surface area (Å²) in [6.45, 7) is 2.59. The lowest BCUT2D eigenvalue weighted by Crippen LogP contribution is -2.38. The van der Waals surface area contributed by atoms with E-state index in [0.717, 1.165) is 66.5 Å². The Kier molecular flexibility index (Phi) is 8.01. The number of halogens is 3. The zero-order valence-electron chi connectivity index (χ0n) is 21.6. The van der Waals surface area contributed by atoms with Gasteiger partial charge in [0.2, 0.25) is 0 Å². The Morgan fingerprint density at radius 1 is 1.20 bits per heavy atom. The Labute approximate surface area is 233 Å². The topological polar surface area (TPSA) is 113 Å². The molecule has 212 valence electrons. The predicted molar refractivity (Wildman–Crippen MR) is 147 cm³/mol. The normalized spacial score (nSPS) is 15.6. The number of alkyl halides is 3. The number of nitrogens with zero attached hydrogens (tertiary/aromatic N) is 5. The van der Waals surface area contributed by atoms with Crippen molar-refractivity contribution in [3.63, 3.8) is 0 Å². The fourth-order valence-electron chi connectivity index (χ4n) is 5.02. The van der Waals surface area contributed by atoms with Gasteiger partial charge in [0.25, 0.3) is 10.1 Å². The Bertz CT molecular complexity index is 1670. The minimum absolute atomic E-state index is 0.0519. The third-order valence-electron chi connectivity index (χ3n) is 6.78. The summed E-state index contributed by atoms with van der Waals surface area (Å²) in [5.74, 6) is 0.568. The van der Waals surface area contributed by atoms with Gasteiger partial charge in [0, 0.05) is 48.0 Å². The average molecular weight is 593 g/mol. The second-order valence-corrected chi connectivity index (χ2v) is 12.6. The highest BCUT2D eigenvalue weighted by Gasteiger charge is 2.29. The minimum atomic E-state index is -4.27. The molecule has 0 amide bonds. The molecule has 3 aromatic heterocycles. The average Bonchev–Trinajstić information content (AvgIpc) is 3.44. The van der Waals surface area contributed by atoms with Crippen LogP contribution in [0.2, 0.25) is 0 Å². The van der Waals surface area contributed by atoms with Crippen LogP contribution in [0.3, 0.4) is 0 Å². The number of hydrogen-bond acceptors (Lipinski definition) is 9. The van der Waals surface area contributed by atoms with Crippen LogP contribution in [-0.2, 0) is 33.8 Å².